The zero-order valence-electron chi connectivity index (χ0n) is 50.6. The third-order valence-electron chi connectivity index (χ3n) is 8.65. The van der Waals surface area contributed by atoms with Crippen molar-refractivity contribution in [3.8, 4) is 24.9 Å². The van der Waals surface area contributed by atoms with E-state index in [0.29, 0.717) is 76.0 Å². The molecule has 3 fully saturated rings. The van der Waals surface area contributed by atoms with E-state index in [2.05, 4.69) is 70.9 Å². The van der Waals surface area contributed by atoms with Crippen molar-refractivity contribution in [2.45, 2.75) is 79.1 Å². The molecule has 0 aliphatic carbocycles. The average Bonchev–Trinajstić information content (AvgIpc) is 4.50. The number of nitriles is 2. The van der Waals surface area contributed by atoms with Gasteiger partial charge in [0.15, 0.2) is 0 Å². The molecule has 0 N–H and O–H groups in total. The molecule has 0 radical (unpaired) electrons. The summed E-state index contributed by atoms with van der Waals surface area (Å²) in [6, 6.07) is 5.83. The lowest BCUT2D eigenvalue weighted by molar-refractivity contribution is -0.159. The number of terminal acetylenes is 1. The van der Waals surface area contributed by atoms with Crippen molar-refractivity contribution >= 4 is 75.5 Å². The molecule has 88 heavy (non-hydrogen) atoms. The minimum Gasteiger partial charge on any atom is -0.498 e. The number of carbonyl (C=O) groups excluding carboxylic acids is 9. The summed E-state index contributed by atoms with van der Waals surface area (Å²) >= 11 is 10.4. The number of carbonyl (C=O) groups is 9. The molecule has 4 rings (SSSR count). The number of nitrogens with zero attached hydrogens (tertiary/aromatic N) is 2. The van der Waals surface area contributed by atoms with Gasteiger partial charge in [-0.05, 0) is 69.5 Å². The Morgan fingerprint density at radius 3 is 1.52 bits per heavy atom. The molecule has 27 heteroatoms. The molecule has 486 valence electrons. The number of rotatable bonds is 32. The second-order valence-electron chi connectivity index (χ2n) is 17.4. The van der Waals surface area contributed by atoms with E-state index in [4.69, 9.17) is 87.5 Å². The highest BCUT2D eigenvalue weighted by Crippen LogP contribution is 2.12. The molecule has 1 aromatic rings. The Hall–Kier alpha value is -8.45. The number of ether oxygens (including phenoxy) is 14. The van der Waals surface area contributed by atoms with E-state index >= 15 is 0 Å². The van der Waals surface area contributed by atoms with E-state index < -0.39 is 40.3 Å². The number of epoxide rings is 3. The van der Waals surface area contributed by atoms with Crippen LogP contribution in [0.15, 0.2) is 111 Å². The van der Waals surface area contributed by atoms with E-state index in [9.17, 15) is 43.2 Å². The van der Waals surface area contributed by atoms with Gasteiger partial charge < -0.3 is 66.3 Å². The first-order chi connectivity index (χ1) is 41.7. The van der Waals surface area contributed by atoms with Crippen molar-refractivity contribution in [2.75, 3.05) is 99.1 Å². The smallest absolute Gasteiger partial charge is 0.340 e. The fourth-order valence-electron chi connectivity index (χ4n) is 4.03. The topological polar surface area (TPSA) is 340 Å². The van der Waals surface area contributed by atoms with Crippen molar-refractivity contribution in [3.63, 3.8) is 0 Å². The van der Waals surface area contributed by atoms with E-state index in [1.165, 1.54) is 63.0 Å². The van der Waals surface area contributed by atoms with Crippen molar-refractivity contribution in [1.82, 2.24) is 0 Å². The maximum atomic E-state index is 11.7. The Morgan fingerprint density at radius 1 is 0.625 bits per heavy atom. The quantitative estimate of drug-likeness (QED) is 0.00571. The van der Waals surface area contributed by atoms with Crippen LogP contribution >= 0.6 is 23.2 Å². The monoisotopic (exact) mass is 1280 g/mol. The van der Waals surface area contributed by atoms with Crippen molar-refractivity contribution in [2.24, 2.45) is 5.92 Å². The molecule has 3 unspecified atom stereocenters. The second kappa shape index (κ2) is 57.6. The van der Waals surface area contributed by atoms with Crippen LogP contribution in [-0.4, -0.2) is 170 Å². The van der Waals surface area contributed by atoms with E-state index in [1.54, 1.807) is 33.8 Å². The molecule has 3 aliphatic heterocycles. The lowest BCUT2D eigenvalue weighted by Crippen LogP contribution is -2.17. The van der Waals surface area contributed by atoms with Crippen molar-refractivity contribution < 1.29 is 109 Å². The number of hydrogen-bond donors (Lipinski definition) is 0. The third-order valence-corrected chi connectivity index (χ3v) is 9.06. The van der Waals surface area contributed by atoms with E-state index in [0.717, 1.165) is 19.8 Å². The SMILES string of the molecule is C#CCOCC1CO1.C=C(C)C(=O)OC(=O)C(C)C.C=C(C)C(=O)OCC1CO1.C=C(C)C(=O)OCCOC#N.C=C(C)C(=O)OCCOC(=O)c1cccc(C(=O)Cl)c1.C=CCOC#N.C=CCOCC1CO1.C=COCCOC(=O)CCCC(=O)Cl. The minimum absolute atomic E-state index is 0.0639. The molecular weight excluding hydrogens is 1200 g/mol. The molecule has 3 saturated heterocycles. The highest BCUT2D eigenvalue weighted by Gasteiger charge is 2.24. The van der Waals surface area contributed by atoms with Gasteiger partial charge in [-0.3, -0.25) is 19.2 Å². The predicted octanol–water partition coefficient (Wildman–Crippen LogP) is 7.66. The first-order valence-electron chi connectivity index (χ1n) is 26.3. The second-order valence-corrected chi connectivity index (χ2v) is 18.1. The zero-order valence-corrected chi connectivity index (χ0v) is 52.2. The summed E-state index contributed by atoms with van der Waals surface area (Å²) in [6.07, 6.45) is 14.1. The largest absolute Gasteiger partial charge is 0.498 e. The molecule has 0 bridgehead atoms. The Labute approximate surface area is 524 Å². The highest BCUT2D eigenvalue weighted by molar-refractivity contribution is 6.67. The van der Waals surface area contributed by atoms with Gasteiger partial charge in [-0.1, -0.05) is 83.5 Å². The lowest BCUT2D eigenvalue weighted by atomic mass is 10.1. The van der Waals surface area contributed by atoms with Crippen LogP contribution in [0.2, 0.25) is 0 Å². The minimum atomic E-state index is -0.657. The number of benzene rings is 1. The molecule has 0 aromatic heterocycles. The lowest BCUT2D eigenvalue weighted by Gasteiger charge is -2.06. The van der Waals surface area contributed by atoms with Gasteiger partial charge in [0.2, 0.25) is 5.24 Å². The molecule has 0 saturated carbocycles. The Balaban J connectivity index is -0.000000470. The Morgan fingerprint density at radius 2 is 1.09 bits per heavy atom. The van der Waals surface area contributed by atoms with Crippen LogP contribution in [-0.2, 0) is 99.9 Å². The predicted molar refractivity (Wildman–Crippen MR) is 320 cm³/mol. The first-order valence-corrected chi connectivity index (χ1v) is 27.0. The van der Waals surface area contributed by atoms with Crippen LogP contribution in [0, 0.1) is 41.3 Å². The van der Waals surface area contributed by atoms with Gasteiger partial charge in [0.1, 0.15) is 77.8 Å². The van der Waals surface area contributed by atoms with Crippen molar-refractivity contribution in [3.05, 3.63) is 122 Å². The Kier molecular flexibility index (Phi) is 56.3. The van der Waals surface area contributed by atoms with Gasteiger partial charge in [0.25, 0.3) is 17.8 Å². The summed E-state index contributed by atoms with van der Waals surface area (Å²) in [5.74, 6) is -1.40. The van der Waals surface area contributed by atoms with Gasteiger partial charge >= 0.3 is 41.8 Å². The zero-order chi connectivity index (χ0) is 67.7. The van der Waals surface area contributed by atoms with Gasteiger partial charge in [0, 0.05) is 40.7 Å². The van der Waals surface area contributed by atoms with Gasteiger partial charge in [-0.25, -0.2) is 24.0 Å². The molecule has 25 nitrogen and oxygen atoms in total. The summed E-state index contributed by atoms with van der Waals surface area (Å²) < 4.78 is 65.9. The van der Waals surface area contributed by atoms with Crippen LogP contribution < -0.4 is 0 Å². The normalized spacial score (nSPS) is 13.3. The van der Waals surface area contributed by atoms with Crippen LogP contribution in [0.3, 0.4) is 0 Å². The summed E-state index contributed by atoms with van der Waals surface area (Å²) in [5.41, 5.74) is 1.67. The molecule has 3 heterocycles. The summed E-state index contributed by atoms with van der Waals surface area (Å²) in [7, 11) is 0. The molecule has 3 aliphatic rings. The van der Waals surface area contributed by atoms with Crippen LogP contribution in [0.1, 0.15) is 81.5 Å². The van der Waals surface area contributed by atoms with Gasteiger partial charge in [-0.2, -0.15) is 10.5 Å². The first kappa shape index (κ1) is 86.0. The highest BCUT2D eigenvalue weighted by atomic mass is 35.5. The van der Waals surface area contributed by atoms with Gasteiger partial charge in [-0.15, -0.1) is 13.0 Å². The third kappa shape index (κ3) is 62.1. The van der Waals surface area contributed by atoms with Crippen LogP contribution in [0.5, 0.6) is 0 Å². The standard InChI is InChI=1S/C14H13ClO5.C9H13ClO4.C8H12O3.C7H9NO3.C7H10O3.C6H10O2.C6H8O2.C4H5NO/c1-9(2)13(17)19-6-7-20-14(18)11-5-3-4-10(8-11)12(15)16;1-2-13-6-7-14-9(12)5-3-4-8(10)11;1-5(2)7(9)11-8(10)6(3)4;1-6(2)7(9)11-4-3-10-5-8;1-5(2)7(8)10-4-6-3-9-6;2*1-2-3-7-4-6-5-8-6;1-2-3-6-4-5/h3-5,8H,1,6-7H2,2H3;2H,1,3-7H2;6H,1H2,2-4H3;1,3-4H2,2H3;6H,1,3-4H2,2H3;2,6H,1,3-5H2;1,6H,3-5H2;2H,1,3H2. The van der Waals surface area contributed by atoms with Crippen molar-refractivity contribution in [1.29, 1.82) is 10.5 Å². The molecular formula is C61H80Cl2N2O23. The number of esters is 7. The van der Waals surface area contributed by atoms with E-state index in [1.807, 2.05) is 0 Å². The number of halogens is 2. The molecule has 1 aromatic carbocycles. The molecule has 0 spiro atoms. The summed E-state index contributed by atoms with van der Waals surface area (Å²) in [5, 5.41) is 14.5. The maximum absolute atomic E-state index is 11.7. The average molecular weight is 1280 g/mol. The molecule has 3 atom stereocenters. The fraction of sp³-hybridized carbons (Fsp3) is 0.459. The van der Waals surface area contributed by atoms with Gasteiger partial charge in [0.05, 0.1) is 57.4 Å². The van der Waals surface area contributed by atoms with E-state index in [-0.39, 0.29) is 92.1 Å². The summed E-state index contributed by atoms with van der Waals surface area (Å²) in [4.78, 5) is 97.8. The fourth-order valence-corrected chi connectivity index (χ4v) is 4.28. The van der Waals surface area contributed by atoms with Crippen LogP contribution in [0.4, 0.5) is 0 Å². The Bertz CT molecular complexity index is 2510. The number of hydrogen-bond acceptors (Lipinski definition) is 25. The van der Waals surface area contributed by atoms with Crippen LogP contribution in [0.25, 0.3) is 0 Å². The summed E-state index contributed by atoms with van der Waals surface area (Å²) in [6.45, 7) is 39.3. The maximum Gasteiger partial charge on any atom is 0.340 e. The molecule has 0 amide bonds.